The molecule has 6 nitrogen and oxygen atoms in total. The third-order valence-corrected chi connectivity index (χ3v) is 5.19. The predicted molar refractivity (Wildman–Crippen MR) is 84.7 cm³/mol. The van der Waals surface area contributed by atoms with E-state index < -0.39 is 5.95 Å². The van der Waals surface area contributed by atoms with E-state index in [2.05, 4.69) is 27.1 Å². The Morgan fingerprint density at radius 3 is 2.88 bits per heavy atom. The van der Waals surface area contributed by atoms with Gasteiger partial charge in [0.25, 0.3) is 5.89 Å². The molecule has 0 radical (unpaired) electrons. The van der Waals surface area contributed by atoms with Gasteiger partial charge in [-0.1, -0.05) is 0 Å². The lowest BCUT2D eigenvalue weighted by Crippen LogP contribution is -2.62. The summed E-state index contributed by atoms with van der Waals surface area (Å²) in [5.41, 5.74) is 0.505. The number of hydrogen-bond donors (Lipinski definition) is 1. The number of amides is 1. The van der Waals surface area contributed by atoms with Crippen LogP contribution in [0.1, 0.15) is 30.5 Å². The van der Waals surface area contributed by atoms with Gasteiger partial charge < -0.3 is 9.73 Å². The molecule has 3 fully saturated rings. The Labute approximate surface area is 139 Å². The average molecular weight is 330 g/mol. The van der Waals surface area contributed by atoms with Crippen molar-refractivity contribution in [2.45, 2.75) is 31.8 Å². The number of fused-ring (bicyclic) bond motifs is 3. The zero-order chi connectivity index (χ0) is 16.7. The maximum Gasteiger partial charge on any atom is 0.307 e. The SMILES string of the molecule is C[C@H]1[C@H](NC(=O)c2ncc(-c3ccnc(F)c3)o2)C2CCN1CC2. The minimum atomic E-state index is -0.601. The number of nitrogens with zero attached hydrogens (tertiary/aromatic N) is 3. The number of oxazole rings is 1. The lowest BCUT2D eigenvalue weighted by atomic mass is 9.79. The van der Waals surface area contributed by atoms with Crippen LogP contribution < -0.4 is 5.32 Å². The number of carbonyl (C=O) groups excluding carboxylic acids is 1. The summed E-state index contributed by atoms with van der Waals surface area (Å²) in [6.45, 7) is 4.36. The van der Waals surface area contributed by atoms with Crippen LogP contribution in [-0.2, 0) is 0 Å². The smallest absolute Gasteiger partial charge is 0.307 e. The van der Waals surface area contributed by atoms with E-state index in [-0.39, 0.29) is 17.8 Å². The fraction of sp³-hybridized carbons (Fsp3) is 0.471. The fourth-order valence-corrected chi connectivity index (χ4v) is 3.83. The van der Waals surface area contributed by atoms with Gasteiger partial charge in [-0.15, -0.1) is 0 Å². The molecular formula is C17H19FN4O2. The number of nitrogens with one attached hydrogen (secondary N) is 1. The molecule has 7 heteroatoms. The number of aromatic nitrogens is 2. The van der Waals surface area contributed by atoms with E-state index in [9.17, 15) is 9.18 Å². The molecule has 0 saturated carbocycles. The number of rotatable bonds is 3. The van der Waals surface area contributed by atoms with Crippen molar-refractivity contribution in [3.63, 3.8) is 0 Å². The summed E-state index contributed by atoms with van der Waals surface area (Å²) in [7, 11) is 0. The molecule has 126 valence electrons. The van der Waals surface area contributed by atoms with Crippen LogP contribution in [0.2, 0.25) is 0 Å². The molecule has 0 aromatic carbocycles. The molecule has 0 spiro atoms. The van der Waals surface area contributed by atoms with Gasteiger partial charge in [0.15, 0.2) is 5.76 Å². The lowest BCUT2D eigenvalue weighted by molar-refractivity contribution is 0.0210. The van der Waals surface area contributed by atoms with Crippen molar-refractivity contribution in [1.82, 2.24) is 20.2 Å². The highest BCUT2D eigenvalue weighted by molar-refractivity contribution is 5.90. The molecule has 0 aliphatic carbocycles. The summed E-state index contributed by atoms with van der Waals surface area (Å²) < 4.78 is 18.7. The number of pyridine rings is 1. The molecule has 5 rings (SSSR count). The summed E-state index contributed by atoms with van der Waals surface area (Å²) in [4.78, 5) is 22.4. The van der Waals surface area contributed by atoms with Crippen LogP contribution in [0.5, 0.6) is 0 Å². The van der Waals surface area contributed by atoms with Crippen LogP contribution in [0.4, 0.5) is 4.39 Å². The Kier molecular flexibility index (Phi) is 3.80. The molecule has 24 heavy (non-hydrogen) atoms. The molecule has 2 atom stereocenters. The molecule has 0 unspecified atom stereocenters. The number of halogens is 1. The zero-order valence-corrected chi connectivity index (χ0v) is 13.4. The maximum atomic E-state index is 13.2. The molecule has 5 heterocycles. The highest BCUT2D eigenvalue weighted by atomic mass is 19.1. The van der Waals surface area contributed by atoms with E-state index in [0.717, 1.165) is 25.9 Å². The van der Waals surface area contributed by atoms with Crippen molar-refractivity contribution in [1.29, 1.82) is 0 Å². The molecule has 2 aromatic heterocycles. The number of carbonyl (C=O) groups is 1. The van der Waals surface area contributed by atoms with Gasteiger partial charge in [0.1, 0.15) is 0 Å². The van der Waals surface area contributed by atoms with Crippen LogP contribution >= 0.6 is 0 Å². The monoisotopic (exact) mass is 330 g/mol. The minimum absolute atomic E-state index is 0.00543. The highest BCUT2D eigenvalue weighted by Gasteiger charge is 2.40. The first-order valence-electron chi connectivity index (χ1n) is 8.24. The first-order chi connectivity index (χ1) is 11.6. The Morgan fingerprint density at radius 2 is 2.17 bits per heavy atom. The van der Waals surface area contributed by atoms with Gasteiger partial charge in [-0.2, -0.15) is 4.39 Å². The van der Waals surface area contributed by atoms with Gasteiger partial charge in [0, 0.05) is 29.9 Å². The second-order valence-corrected chi connectivity index (χ2v) is 6.51. The highest BCUT2D eigenvalue weighted by Crippen LogP contribution is 2.32. The summed E-state index contributed by atoms with van der Waals surface area (Å²) in [5.74, 6) is -0.0515. The second-order valence-electron chi connectivity index (χ2n) is 6.51. The van der Waals surface area contributed by atoms with Crippen molar-refractivity contribution in [2.24, 2.45) is 5.92 Å². The Balaban J connectivity index is 1.49. The van der Waals surface area contributed by atoms with Crippen molar-refractivity contribution < 1.29 is 13.6 Å². The maximum absolute atomic E-state index is 13.2. The molecular weight excluding hydrogens is 311 g/mol. The quantitative estimate of drug-likeness (QED) is 0.873. The van der Waals surface area contributed by atoms with Crippen LogP contribution in [-0.4, -0.2) is 45.9 Å². The van der Waals surface area contributed by atoms with Crippen molar-refractivity contribution in [2.75, 3.05) is 13.1 Å². The van der Waals surface area contributed by atoms with Crippen molar-refractivity contribution >= 4 is 5.91 Å². The van der Waals surface area contributed by atoms with E-state index in [1.54, 1.807) is 6.07 Å². The van der Waals surface area contributed by atoms with Crippen LogP contribution in [0, 0.1) is 11.9 Å². The number of piperidine rings is 3. The van der Waals surface area contributed by atoms with Crippen LogP contribution in [0.3, 0.4) is 0 Å². The fourth-order valence-electron chi connectivity index (χ4n) is 3.83. The van der Waals surface area contributed by atoms with Crippen LogP contribution in [0.25, 0.3) is 11.3 Å². The zero-order valence-electron chi connectivity index (χ0n) is 13.4. The Morgan fingerprint density at radius 1 is 1.38 bits per heavy atom. The molecule has 2 aromatic rings. The molecule has 3 saturated heterocycles. The number of hydrogen-bond acceptors (Lipinski definition) is 5. The average Bonchev–Trinajstić information content (AvgIpc) is 3.09. The van der Waals surface area contributed by atoms with E-state index in [0.29, 0.717) is 23.3 Å². The van der Waals surface area contributed by atoms with Gasteiger partial charge in [0.05, 0.1) is 6.20 Å². The summed E-state index contributed by atoms with van der Waals surface area (Å²) in [5, 5.41) is 3.07. The first-order valence-corrected chi connectivity index (χ1v) is 8.24. The van der Waals surface area contributed by atoms with Gasteiger partial charge in [-0.3, -0.25) is 9.69 Å². The molecule has 1 amide bonds. The van der Waals surface area contributed by atoms with Gasteiger partial charge in [-0.25, -0.2) is 9.97 Å². The van der Waals surface area contributed by atoms with Gasteiger partial charge in [-0.05, 0) is 44.8 Å². The predicted octanol–water partition coefficient (Wildman–Crippen LogP) is 2.09. The summed E-state index contributed by atoms with van der Waals surface area (Å²) in [6, 6.07) is 3.30. The molecule has 3 aliphatic heterocycles. The molecule has 2 bridgehead atoms. The Hall–Kier alpha value is -2.28. The van der Waals surface area contributed by atoms with E-state index in [4.69, 9.17) is 4.42 Å². The van der Waals surface area contributed by atoms with E-state index in [1.165, 1.54) is 18.5 Å². The topological polar surface area (TPSA) is 71.3 Å². The largest absolute Gasteiger partial charge is 0.432 e. The standard InChI is InChI=1S/C17H19FN4O2/c1-10-15(11-3-6-22(10)7-4-11)21-16(23)17-20-9-13(24-17)12-2-5-19-14(18)8-12/h2,5,8-11,15H,3-4,6-7H2,1H3,(H,21,23)/t10-,15-/m0/s1. The van der Waals surface area contributed by atoms with Gasteiger partial charge >= 0.3 is 5.91 Å². The lowest BCUT2D eigenvalue weighted by Gasteiger charge is -2.49. The minimum Gasteiger partial charge on any atom is -0.432 e. The summed E-state index contributed by atoms with van der Waals surface area (Å²) in [6.07, 6.45) is 5.01. The second kappa shape index (κ2) is 5.98. The third-order valence-electron chi connectivity index (χ3n) is 5.19. The van der Waals surface area contributed by atoms with E-state index >= 15 is 0 Å². The normalized spacial score (nSPS) is 28.8. The molecule has 1 N–H and O–H groups in total. The van der Waals surface area contributed by atoms with E-state index in [1.807, 2.05) is 0 Å². The van der Waals surface area contributed by atoms with Gasteiger partial charge in [0.2, 0.25) is 5.95 Å². The van der Waals surface area contributed by atoms with Crippen LogP contribution in [0.15, 0.2) is 28.9 Å². The first kappa shape index (κ1) is 15.3. The molecule has 3 aliphatic rings. The third kappa shape index (κ3) is 2.69. The Bertz CT molecular complexity index is 753. The van der Waals surface area contributed by atoms with Crippen molar-refractivity contribution in [3.05, 3.63) is 36.4 Å². The van der Waals surface area contributed by atoms with Crippen molar-refractivity contribution in [3.8, 4) is 11.3 Å². The summed E-state index contributed by atoms with van der Waals surface area (Å²) >= 11 is 0.